The van der Waals surface area contributed by atoms with Gasteiger partial charge in [0.05, 0.1) is 9.93 Å². The number of nitrogens with one attached hydrogen (secondary N) is 1. The first-order valence-corrected chi connectivity index (χ1v) is 7.58. The molecule has 2 rings (SSSR count). The summed E-state index contributed by atoms with van der Waals surface area (Å²) in [6.07, 6.45) is 1.87. The maximum Gasteiger partial charge on any atom is 0.273 e. The first kappa shape index (κ1) is 15.6. The van der Waals surface area contributed by atoms with E-state index in [1.165, 1.54) is 6.07 Å². The van der Waals surface area contributed by atoms with E-state index in [1.54, 1.807) is 23.5 Å². The third-order valence-corrected chi connectivity index (χ3v) is 4.42. The number of para-hydroxylation sites is 1. The molecule has 0 bridgehead atoms. The van der Waals surface area contributed by atoms with Gasteiger partial charge in [0.2, 0.25) is 0 Å². The Morgan fingerprint density at radius 2 is 2.00 bits per heavy atom. The SMILES string of the molecule is CC(C)(C)c1ncc(CNCc2ccccc2[N+](=O)[O-])s1. The van der Waals surface area contributed by atoms with Crippen molar-refractivity contribution in [1.82, 2.24) is 10.3 Å². The Hall–Kier alpha value is -1.79. The van der Waals surface area contributed by atoms with Crippen molar-refractivity contribution in [1.29, 1.82) is 0 Å². The fourth-order valence-corrected chi connectivity index (χ4v) is 2.83. The van der Waals surface area contributed by atoms with Crippen molar-refractivity contribution in [3.05, 3.63) is 56.0 Å². The minimum Gasteiger partial charge on any atom is -0.307 e. The first-order chi connectivity index (χ1) is 9.88. The summed E-state index contributed by atoms with van der Waals surface area (Å²) in [4.78, 5) is 16.2. The molecule has 112 valence electrons. The molecule has 0 spiro atoms. The van der Waals surface area contributed by atoms with E-state index in [9.17, 15) is 10.1 Å². The number of nitro groups is 1. The number of benzene rings is 1. The maximum absolute atomic E-state index is 10.9. The molecule has 0 aliphatic rings. The number of aromatic nitrogens is 1. The largest absolute Gasteiger partial charge is 0.307 e. The summed E-state index contributed by atoms with van der Waals surface area (Å²) in [5.74, 6) is 0. The molecule has 5 nitrogen and oxygen atoms in total. The van der Waals surface area contributed by atoms with Gasteiger partial charge in [0.25, 0.3) is 5.69 Å². The van der Waals surface area contributed by atoms with Gasteiger partial charge in [-0.05, 0) is 0 Å². The Kier molecular flexibility index (Phi) is 4.69. The molecule has 1 heterocycles. The lowest BCUT2D eigenvalue weighted by atomic mass is 9.98. The second kappa shape index (κ2) is 6.32. The van der Waals surface area contributed by atoms with Crippen LogP contribution in [-0.2, 0) is 18.5 Å². The summed E-state index contributed by atoms with van der Waals surface area (Å²) >= 11 is 1.68. The molecule has 0 radical (unpaired) electrons. The van der Waals surface area contributed by atoms with Crippen molar-refractivity contribution in [3.63, 3.8) is 0 Å². The molecule has 0 saturated heterocycles. The van der Waals surface area contributed by atoms with E-state index in [0.717, 1.165) is 9.88 Å². The van der Waals surface area contributed by atoms with Gasteiger partial charge < -0.3 is 5.32 Å². The lowest BCUT2D eigenvalue weighted by Gasteiger charge is -2.13. The average Bonchev–Trinajstić information content (AvgIpc) is 2.88. The van der Waals surface area contributed by atoms with E-state index in [-0.39, 0.29) is 16.0 Å². The van der Waals surface area contributed by atoms with Crippen LogP contribution in [0, 0.1) is 10.1 Å². The molecular formula is C15H19N3O2S. The van der Waals surface area contributed by atoms with E-state index >= 15 is 0 Å². The van der Waals surface area contributed by atoms with Crippen LogP contribution >= 0.6 is 11.3 Å². The van der Waals surface area contributed by atoms with Crippen LogP contribution in [0.5, 0.6) is 0 Å². The second-order valence-corrected chi connectivity index (χ2v) is 6.99. The second-order valence-electron chi connectivity index (χ2n) is 5.87. The quantitative estimate of drug-likeness (QED) is 0.676. The molecule has 2 aromatic rings. The van der Waals surface area contributed by atoms with Crippen molar-refractivity contribution in [2.45, 2.75) is 39.3 Å². The van der Waals surface area contributed by atoms with Crippen LogP contribution in [0.2, 0.25) is 0 Å². The van der Waals surface area contributed by atoms with Crippen molar-refractivity contribution < 1.29 is 4.92 Å². The van der Waals surface area contributed by atoms with Crippen LogP contribution in [0.25, 0.3) is 0 Å². The zero-order valence-corrected chi connectivity index (χ0v) is 13.2. The lowest BCUT2D eigenvalue weighted by Crippen LogP contribution is -2.13. The third kappa shape index (κ3) is 4.09. The number of rotatable bonds is 5. The Bertz CT molecular complexity index is 632. The highest BCUT2D eigenvalue weighted by molar-refractivity contribution is 7.11. The van der Waals surface area contributed by atoms with Crippen LogP contribution in [0.3, 0.4) is 0 Å². The fourth-order valence-electron chi connectivity index (χ4n) is 1.89. The molecule has 0 aliphatic heterocycles. The molecule has 1 aromatic carbocycles. The highest BCUT2D eigenvalue weighted by Crippen LogP contribution is 2.26. The van der Waals surface area contributed by atoms with Gasteiger partial charge in [0.1, 0.15) is 0 Å². The topological polar surface area (TPSA) is 68.1 Å². The normalized spacial score (nSPS) is 11.6. The highest BCUT2D eigenvalue weighted by Gasteiger charge is 2.18. The zero-order valence-electron chi connectivity index (χ0n) is 12.4. The van der Waals surface area contributed by atoms with Crippen LogP contribution in [0.1, 0.15) is 36.2 Å². The van der Waals surface area contributed by atoms with E-state index < -0.39 is 0 Å². The van der Waals surface area contributed by atoms with Crippen molar-refractivity contribution >= 4 is 17.0 Å². The lowest BCUT2D eigenvalue weighted by molar-refractivity contribution is -0.385. The molecule has 1 aromatic heterocycles. The summed E-state index contributed by atoms with van der Waals surface area (Å²) in [5, 5.41) is 15.3. The molecule has 0 unspecified atom stereocenters. The predicted molar refractivity (Wildman–Crippen MR) is 84.5 cm³/mol. The highest BCUT2D eigenvalue weighted by atomic mass is 32.1. The Morgan fingerprint density at radius 3 is 2.62 bits per heavy atom. The van der Waals surface area contributed by atoms with Gasteiger partial charge in [0.15, 0.2) is 0 Å². The summed E-state index contributed by atoms with van der Waals surface area (Å²) < 4.78 is 0. The first-order valence-electron chi connectivity index (χ1n) is 6.76. The molecule has 0 atom stereocenters. The molecule has 0 saturated carbocycles. The van der Waals surface area contributed by atoms with Crippen LogP contribution in [0.4, 0.5) is 5.69 Å². The standard InChI is InChI=1S/C15H19N3O2S/c1-15(2,3)14-17-10-12(21-14)9-16-8-11-6-4-5-7-13(11)18(19)20/h4-7,10,16H,8-9H2,1-3H3. The number of hydrogen-bond acceptors (Lipinski definition) is 5. The number of thiazole rings is 1. The number of nitro benzene ring substituents is 1. The molecule has 21 heavy (non-hydrogen) atoms. The molecule has 6 heteroatoms. The molecule has 0 aliphatic carbocycles. The smallest absolute Gasteiger partial charge is 0.273 e. The van der Waals surface area contributed by atoms with Crippen molar-refractivity contribution in [2.75, 3.05) is 0 Å². The minimum atomic E-state index is -0.346. The van der Waals surface area contributed by atoms with Gasteiger partial charge in [-0.2, -0.15) is 0 Å². The Balaban J connectivity index is 1.96. The van der Waals surface area contributed by atoms with Gasteiger partial charge >= 0.3 is 0 Å². The predicted octanol–water partition coefficient (Wildman–Crippen LogP) is 3.64. The fraction of sp³-hybridized carbons (Fsp3) is 0.400. The summed E-state index contributed by atoms with van der Waals surface area (Å²) in [7, 11) is 0. The molecular weight excluding hydrogens is 286 g/mol. The average molecular weight is 305 g/mol. The van der Waals surface area contributed by atoms with Crippen molar-refractivity contribution in [3.8, 4) is 0 Å². The number of nitrogens with zero attached hydrogens (tertiary/aromatic N) is 2. The van der Waals surface area contributed by atoms with Crippen LogP contribution < -0.4 is 5.32 Å². The maximum atomic E-state index is 10.9. The van der Waals surface area contributed by atoms with Gasteiger partial charge in [-0.3, -0.25) is 10.1 Å². The summed E-state index contributed by atoms with van der Waals surface area (Å²) in [6, 6.07) is 6.80. The third-order valence-electron chi connectivity index (χ3n) is 3.00. The van der Waals surface area contributed by atoms with E-state index in [2.05, 4.69) is 31.1 Å². The Morgan fingerprint density at radius 1 is 1.29 bits per heavy atom. The Labute approximate surface area is 128 Å². The van der Waals surface area contributed by atoms with Crippen LogP contribution in [0.15, 0.2) is 30.5 Å². The van der Waals surface area contributed by atoms with E-state index in [0.29, 0.717) is 18.7 Å². The van der Waals surface area contributed by atoms with Crippen molar-refractivity contribution in [2.24, 2.45) is 0 Å². The zero-order chi connectivity index (χ0) is 15.5. The molecule has 1 N–H and O–H groups in total. The molecule has 0 amide bonds. The van der Waals surface area contributed by atoms with E-state index in [4.69, 9.17) is 0 Å². The van der Waals surface area contributed by atoms with Gasteiger partial charge in [-0.25, -0.2) is 4.98 Å². The number of hydrogen-bond donors (Lipinski definition) is 1. The van der Waals surface area contributed by atoms with E-state index in [1.807, 2.05) is 12.3 Å². The minimum absolute atomic E-state index is 0.0567. The van der Waals surface area contributed by atoms with Crippen LogP contribution in [-0.4, -0.2) is 9.91 Å². The van der Waals surface area contributed by atoms with Gasteiger partial charge in [-0.15, -0.1) is 11.3 Å². The summed E-state index contributed by atoms with van der Waals surface area (Å²) in [6.45, 7) is 7.54. The van der Waals surface area contributed by atoms with Gasteiger partial charge in [0, 0.05) is 41.2 Å². The molecule has 0 fully saturated rings. The monoisotopic (exact) mass is 305 g/mol. The summed E-state index contributed by atoms with van der Waals surface area (Å²) in [5.41, 5.74) is 0.911. The van der Waals surface area contributed by atoms with Gasteiger partial charge in [-0.1, -0.05) is 39.0 Å².